The molecule has 0 aliphatic rings. The fraction of sp³-hybridized carbons (Fsp3) is 0.364. The van der Waals surface area contributed by atoms with Crippen molar-refractivity contribution in [2.24, 2.45) is 0 Å². The number of amides is 1. The van der Waals surface area contributed by atoms with Crippen LogP contribution < -0.4 is 4.90 Å². The minimum atomic E-state index is -0.350. The van der Waals surface area contributed by atoms with Gasteiger partial charge in [0, 0.05) is 18.7 Å². The van der Waals surface area contributed by atoms with Gasteiger partial charge < -0.3 is 4.90 Å². The maximum Gasteiger partial charge on any atom is 0.260 e. The molecule has 148 valence electrons. The van der Waals surface area contributed by atoms with Gasteiger partial charge in [0.2, 0.25) is 0 Å². The Hall–Kier alpha value is -2.31. The summed E-state index contributed by atoms with van der Waals surface area (Å²) in [4.78, 5) is 22.0. The van der Waals surface area contributed by atoms with Gasteiger partial charge in [-0.15, -0.1) is 0 Å². The lowest BCUT2D eigenvalue weighted by atomic mass is 10.1. The zero-order chi connectivity index (χ0) is 20.3. The summed E-state index contributed by atoms with van der Waals surface area (Å²) < 4.78 is 14.4. The zero-order valence-electron chi connectivity index (χ0n) is 16.8. The van der Waals surface area contributed by atoms with E-state index in [0.717, 1.165) is 41.0 Å². The number of aromatic nitrogens is 1. The first-order valence-electron chi connectivity index (χ1n) is 9.60. The van der Waals surface area contributed by atoms with E-state index >= 15 is 0 Å². The highest BCUT2D eigenvalue weighted by Crippen LogP contribution is 2.32. The van der Waals surface area contributed by atoms with Crippen LogP contribution in [0.4, 0.5) is 9.52 Å². The van der Waals surface area contributed by atoms with Gasteiger partial charge in [0.1, 0.15) is 5.82 Å². The van der Waals surface area contributed by atoms with E-state index in [0.29, 0.717) is 17.2 Å². The summed E-state index contributed by atoms with van der Waals surface area (Å²) in [5.41, 5.74) is 3.70. The summed E-state index contributed by atoms with van der Waals surface area (Å²) in [5.74, 6) is -0.502. The smallest absolute Gasteiger partial charge is 0.260 e. The van der Waals surface area contributed by atoms with Crippen LogP contribution in [0.1, 0.15) is 35.3 Å². The number of rotatable bonds is 7. The zero-order valence-corrected chi connectivity index (χ0v) is 17.6. The van der Waals surface area contributed by atoms with Crippen molar-refractivity contribution in [3.8, 4) is 0 Å². The highest BCUT2D eigenvalue weighted by Gasteiger charge is 2.22. The molecule has 0 N–H and O–H groups in total. The first kappa shape index (κ1) is 20.4. The molecule has 0 saturated heterocycles. The number of nitrogens with zero attached hydrogens (tertiary/aromatic N) is 3. The Morgan fingerprint density at radius 1 is 1.07 bits per heavy atom. The SMILES string of the molecule is CCN(CC)CCN(C(=O)c1ccc(F)cc1)c1nc2cc(C)cc(C)c2s1. The maximum atomic E-state index is 13.3. The first-order valence-corrected chi connectivity index (χ1v) is 10.4. The number of thiazole rings is 1. The number of hydrogen-bond acceptors (Lipinski definition) is 4. The molecule has 0 spiro atoms. The Bertz CT molecular complexity index is 964. The second-order valence-electron chi connectivity index (χ2n) is 6.92. The quantitative estimate of drug-likeness (QED) is 0.558. The summed E-state index contributed by atoms with van der Waals surface area (Å²) in [6.07, 6.45) is 0. The third kappa shape index (κ3) is 4.39. The van der Waals surface area contributed by atoms with Crippen LogP contribution >= 0.6 is 11.3 Å². The predicted molar refractivity (Wildman–Crippen MR) is 115 cm³/mol. The number of carbonyl (C=O) groups excluding carboxylic acids is 1. The van der Waals surface area contributed by atoms with Crippen LogP contribution in [0, 0.1) is 19.7 Å². The molecule has 0 unspecified atom stereocenters. The van der Waals surface area contributed by atoms with Crippen LogP contribution in [-0.4, -0.2) is 42.0 Å². The van der Waals surface area contributed by atoms with Crippen LogP contribution in [0.2, 0.25) is 0 Å². The highest BCUT2D eigenvalue weighted by molar-refractivity contribution is 7.22. The van der Waals surface area contributed by atoms with Gasteiger partial charge in [-0.2, -0.15) is 0 Å². The molecule has 0 radical (unpaired) electrons. The lowest BCUT2D eigenvalue weighted by molar-refractivity contribution is 0.0983. The van der Waals surface area contributed by atoms with E-state index in [1.54, 1.807) is 4.90 Å². The molecule has 6 heteroatoms. The van der Waals surface area contributed by atoms with Gasteiger partial charge in [-0.25, -0.2) is 9.37 Å². The molecular weight excluding hydrogens is 373 g/mol. The highest BCUT2D eigenvalue weighted by atomic mass is 32.1. The molecule has 1 amide bonds. The second kappa shape index (κ2) is 8.80. The van der Waals surface area contributed by atoms with E-state index in [2.05, 4.69) is 31.7 Å². The Labute approximate surface area is 169 Å². The minimum absolute atomic E-state index is 0.152. The number of anilines is 1. The lowest BCUT2D eigenvalue weighted by Gasteiger charge is -2.24. The Morgan fingerprint density at radius 2 is 1.75 bits per heavy atom. The van der Waals surface area contributed by atoms with Gasteiger partial charge in [-0.3, -0.25) is 9.69 Å². The Kier molecular flexibility index (Phi) is 6.42. The molecule has 0 atom stereocenters. The van der Waals surface area contributed by atoms with Crippen molar-refractivity contribution in [2.75, 3.05) is 31.1 Å². The molecule has 1 aromatic heterocycles. The minimum Gasteiger partial charge on any atom is -0.302 e. The molecule has 0 bridgehead atoms. The van der Waals surface area contributed by atoms with Gasteiger partial charge >= 0.3 is 0 Å². The van der Waals surface area contributed by atoms with Crippen molar-refractivity contribution in [2.45, 2.75) is 27.7 Å². The monoisotopic (exact) mass is 399 g/mol. The van der Waals surface area contributed by atoms with Crippen molar-refractivity contribution in [3.05, 3.63) is 58.9 Å². The fourth-order valence-electron chi connectivity index (χ4n) is 3.29. The molecule has 0 aliphatic carbocycles. The van der Waals surface area contributed by atoms with Gasteiger partial charge in [0.25, 0.3) is 5.91 Å². The van der Waals surface area contributed by atoms with Crippen LogP contribution in [0.5, 0.6) is 0 Å². The van der Waals surface area contributed by atoms with E-state index in [1.165, 1.54) is 35.6 Å². The number of benzene rings is 2. The van der Waals surface area contributed by atoms with Crippen molar-refractivity contribution in [1.82, 2.24) is 9.88 Å². The molecule has 28 heavy (non-hydrogen) atoms. The topological polar surface area (TPSA) is 36.4 Å². The van der Waals surface area contributed by atoms with Crippen molar-refractivity contribution in [3.63, 3.8) is 0 Å². The van der Waals surface area contributed by atoms with Gasteiger partial charge in [-0.05, 0) is 68.4 Å². The van der Waals surface area contributed by atoms with Gasteiger partial charge in [0.05, 0.1) is 10.2 Å². The average Bonchev–Trinajstić information content (AvgIpc) is 3.09. The first-order chi connectivity index (χ1) is 13.4. The van der Waals surface area contributed by atoms with Crippen LogP contribution in [0.15, 0.2) is 36.4 Å². The molecule has 2 aromatic carbocycles. The number of likely N-dealkylation sites (N-methyl/N-ethyl adjacent to an activating group) is 1. The van der Waals surface area contributed by atoms with Crippen molar-refractivity contribution < 1.29 is 9.18 Å². The van der Waals surface area contributed by atoms with E-state index in [9.17, 15) is 9.18 Å². The second-order valence-corrected chi connectivity index (χ2v) is 7.89. The molecule has 1 heterocycles. The number of aryl methyl sites for hydroxylation is 2. The maximum absolute atomic E-state index is 13.3. The van der Waals surface area contributed by atoms with Crippen molar-refractivity contribution >= 4 is 32.6 Å². The molecule has 3 aromatic rings. The van der Waals surface area contributed by atoms with Gasteiger partial charge in [-0.1, -0.05) is 31.3 Å². The molecular formula is C22H26FN3OS. The number of hydrogen-bond donors (Lipinski definition) is 0. The summed E-state index contributed by atoms with van der Waals surface area (Å²) in [7, 11) is 0. The Balaban J connectivity index is 1.98. The third-order valence-corrected chi connectivity index (χ3v) is 6.14. The summed E-state index contributed by atoms with van der Waals surface area (Å²) in [6.45, 7) is 11.5. The number of fused-ring (bicyclic) bond motifs is 1. The summed E-state index contributed by atoms with van der Waals surface area (Å²) >= 11 is 1.54. The fourth-order valence-corrected chi connectivity index (χ4v) is 4.33. The van der Waals surface area contributed by atoms with Crippen LogP contribution in [0.25, 0.3) is 10.2 Å². The molecule has 0 saturated carbocycles. The molecule has 4 nitrogen and oxygen atoms in total. The average molecular weight is 400 g/mol. The van der Waals surface area contributed by atoms with Gasteiger partial charge in [0.15, 0.2) is 5.13 Å². The summed E-state index contributed by atoms with van der Waals surface area (Å²) in [6, 6.07) is 9.89. The number of halogens is 1. The predicted octanol–water partition coefficient (Wildman–Crippen LogP) is 5.04. The van der Waals surface area contributed by atoms with Crippen LogP contribution in [-0.2, 0) is 0 Å². The molecule has 3 rings (SSSR count). The third-order valence-electron chi connectivity index (χ3n) is 4.91. The Morgan fingerprint density at radius 3 is 2.39 bits per heavy atom. The van der Waals surface area contributed by atoms with E-state index in [4.69, 9.17) is 4.98 Å². The normalized spacial score (nSPS) is 11.4. The van der Waals surface area contributed by atoms with Crippen LogP contribution in [0.3, 0.4) is 0 Å². The van der Waals surface area contributed by atoms with E-state index < -0.39 is 0 Å². The summed E-state index contributed by atoms with van der Waals surface area (Å²) in [5, 5.41) is 0.685. The largest absolute Gasteiger partial charge is 0.302 e. The van der Waals surface area contributed by atoms with E-state index in [-0.39, 0.29) is 11.7 Å². The molecule has 0 fully saturated rings. The molecule has 0 aliphatic heterocycles. The van der Waals surface area contributed by atoms with Crippen molar-refractivity contribution in [1.29, 1.82) is 0 Å². The lowest BCUT2D eigenvalue weighted by Crippen LogP contribution is -2.38. The number of carbonyl (C=O) groups is 1. The standard InChI is InChI=1S/C22H26FN3OS/c1-5-25(6-2)11-12-26(21(27)17-7-9-18(23)10-8-17)22-24-19-14-15(3)13-16(4)20(19)28-22/h7-10,13-14H,5-6,11-12H2,1-4H3. The van der Waals surface area contributed by atoms with E-state index in [1.807, 2.05) is 13.0 Å².